The summed E-state index contributed by atoms with van der Waals surface area (Å²) in [7, 11) is -0.207. The average molecular weight is 152 g/mol. The van der Waals surface area contributed by atoms with Crippen LogP contribution in [-0.2, 0) is 0 Å². The highest BCUT2D eigenvalue weighted by atomic mass is 32.2. The maximum absolute atomic E-state index is 4.10. The molecule has 0 aliphatic carbocycles. The van der Waals surface area contributed by atoms with Crippen LogP contribution in [-0.4, -0.2) is 10.2 Å². The molecule has 1 aliphatic heterocycles. The third-order valence-corrected chi connectivity index (χ3v) is 3.12. The number of thiol groups is 1. The van der Waals surface area contributed by atoms with Crippen LogP contribution in [0.1, 0.15) is 0 Å². The summed E-state index contributed by atoms with van der Waals surface area (Å²) in [6.07, 6.45) is 6.00. The van der Waals surface area contributed by atoms with Gasteiger partial charge in [-0.25, -0.2) is 0 Å². The normalized spacial score (nSPS) is 18.6. The molecular weight excluding hydrogens is 144 g/mol. The molecule has 2 heterocycles. The van der Waals surface area contributed by atoms with Crippen molar-refractivity contribution < 1.29 is 0 Å². The highest BCUT2D eigenvalue weighted by Crippen LogP contribution is 2.39. The van der Waals surface area contributed by atoms with Crippen LogP contribution in [0.15, 0.2) is 40.3 Å². The quantitative estimate of drug-likeness (QED) is 0.590. The van der Waals surface area contributed by atoms with Crippen molar-refractivity contribution in [2.45, 2.75) is 5.03 Å². The maximum Gasteiger partial charge on any atom is 0.105 e. The van der Waals surface area contributed by atoms with E-state index >= 15 is 0 Å². The Morgan fingerprint density at radius 1 is 1.30 bits per heavy atom. The van der Waals surface area contributed by atoms with Crippen molar-refractivity contribution in [3.8, 4) is 0 Å². The molecule has 52 valence electrons. The highest BCUT2D eigenvalue weighted by Gasteiger charge is 2.02. The van der Waals surface area contributed by atoms with Gasteiger partial charge in [0.2, 0.25) is 0 Å². The van der Waals surface area contributed by atoms with E-state index in [0.29, 0.717) is 0 Å². The Balaban J connectivity index is 2.29. The number of hydrogen-bond donors (Lipinski definition) is 2. The fraction of sp³-hybridized carbons (Fsp3) is 0. The van der Waals surface area contributed by atoms with Gasteiger partial charge >= 0.3 is 0 Å². The summed E-state index contributed by atoms with van der Waals surface area (Å²) >= 11 is 0. The van der Waals surface area contributed by atoms with E-state index in [2.05, 4.69) is 33.2 Å². The first-order valence-corrected chi connectivity index (χ1v) is 4.58. The molecule has 0 fully saturated rings. The zero-order valence-electron chi connectivity index (χ0n) is 5.36. The number of nitrogens with one attached hydrogen (secondary N) is 1. The van der Waals surface area contributed by atoms with Crippen molar-refractivity contribution in [1.82, 2.24) is 10.2 Å². The van der Waals surface area contributed by atoms with Gasteiger partial charge in [-0.1, -0.05) is 12.2 Å². The molecule has 2 rings (SSSR count). The van der Waals surface area contributed by atoms with Crippen LogP contribution in [0.5, 0.6) is 0 Å². The predicted octanol–water partition coefficient (Wildman–Crippen LogP) is 1.81. The molecule has 1 aliphatic rings. The van der Waals surface area contributed by atoms with Crippen LogP contribution >= 0.6 is 10.9 Å². The summed E-state index contributed by atoms with van der Waals surface area (Å²) in [5.74, 6) is 0. The number of H-pyrrole nitrogens is 1. The first-order valence-electron chi connectivity index (χ1n) is 3.10. The molecule has 2 nitrogen and oxygen atoms in total. The third-order valence-electron chi connectivity index (χ3n) is 1.36. The van der Waals surface area contributed by atoms with Crippen molar-refractivity contribution in [2.75, 3.05) is 0 Å². The van der Waals surface area contributed by atoms with Crippen LogP contribution in [0.2, 0.25) is 0 Å². The molecule has 0 unspecified atom stereocenters. The zero-order valence-corrected chi connectivity index (χ0v) is 6.25. The lowest BCUT2D eigenvalue weighted by atomic mass is 10.6. The lowest BCUT2D eigenvalue weighted by molar-refractivity contribution is 1.00. The highest BCUT2D eigenvalue weighted by molar-refractivity contribution is 8.22. The van der Waals surface area contributed by atoms with E-state index in [1.54, 1.807) is 0 Å². The van der Waals surface area contributed by atoms with Gasteiger partial charge in [0.05, 0.1) is 0 Å². The molecule has 1 N–H and O–H groups in total. The number of allylic oxidation sites excluding steroid dienone is 2. The summed E-state index contributed by atoms with van der Waals surface area (Å²) in [5, 5.41) is 12.4. The second kappa shape index (κ2) is 2.34. The Hall–Kier alpha value is -0.960. The third kappa shape index (κ3) is 0.885. The van der Waals surface area contributed by atoms with Gasteiger partial charge in [-0.15, -0.1) is 0 Å². The summed E-state index contributed by atoms with van der Waals surface area (Å²) in [6, 6.07) is 2.02. The van der Waals surface area contributed by atoms with Crippen molar-refractivity contribution in [2.24, 2.45) is 0 Å². The largest absolute Gasteiger partial charge is 0.285 e. The number of hydrogen-bond acceptors (Lipinski definition) is 1. The standard InChI is InChI=1S/C7H8N2S/c1-2-6-10(5-1)7-3-4-8-9-7/h1-6,10H,(H,8,9). The van der Waals surface area contributed by atoms with Gasteiger partial charge < -0.3 is 0 Å². The Bertz CT molecular complexity index is 249. The Morgan fingerprint density at radius 2 is 2.10 bits per heavy atom. The van der Waals surface area contributed by atoms with Crippen LogP contribution in [0, 0.1) is 0 Å². The van der Waals surface area contributed by atoms with Gasteiger partial charge in [0, 0.05) is 6.20 Å². The first kappa shape index (κ1) is 5.80. The van der Waals surface area contributed by atoms with Crippen molar-refractivity contribution in [1.29, 1.82) is 0 Å². The van der Waals surface area contributed by atoms with Crippen molar-refractivity contribution in [3.05, 3.63) is 35.2 Å². The molecule has 1 aromatic heterocycles. The topological polar surface area (TPSA) is 28.7 Å². The molecule has 3 heteroatoms. The minimum absolute atomic E-state index is 0.207. The fourth-order valence-electron chi connectivity index (χ4n) is 0.884. The van der Waals surface area contributed by atoms with Gasteiger partial charge in [0.25, 0.3) is 0 Å². The molecule has 0 radical (unpaired) electrons. The maximum atomic E-state index is 4.10. The predicted molar refractivity (Wildman–Crippen MR) is 44.1 cm³/mol. The zero-order chi connectivity index (χ0) is 6.81. The SMILES string of the molecule is C1=C[SH](c2cc[nH]n2)C=C1. The van der Waals surface area contributed by atoms with Crippen LogP contribution in [0.3, 0.4) is 0 Å². The lowest BCUT2D eigenvalue weighted by Gasteiger charge is -2.02. The van der Waals surface area contributed by atoms with Gasteiger partial charge in [-0.05, 0) is 16.9 Å². The molecule has 0 saturated carbocycles. The fourth-order valence-corrected chi connectivity index (χ4v) is 2.28. The van der Waals surface area contributed by atoms with E-state index in [0.717, 1.165) is 5.03 Å². The number of aromatic amines is 1. The van der Waals surface area contributed by atoms with E-state index in [-0.39, 0.29) is 10.9 Å². The Kier molecular flexibility index (Phi) is 1.36. The minimum atomic E-state index is -0.207. The molecule has 0 atom stereocenters. The lowest BCUT2D eigenvalue weighted by Crippen LogP contribution is -1.72. The van der Waals surface area contributed by atoms with Gasteiger partial charge in [-0.2, -0.15) is 16.0 Å². The van der Waals surface area contributed by atoms with E-state index in [1.807, 2.05) is 12.3 Å². The molecule has 0 amide bonds. The molecule has 0 aromatic carbocycles. The van der Waals surface area contributed by atoms with Gasteiger partial charge in [0.1, 0.15) is 5.03 Å². The summed E-state index contributed by atoms with van der Waals surface area (Å²) in [6.45, 7) is 0. The van der Waals surface area contributed by atoms with E-state index < -0.39 is 0 Å². The smallest absolute Gasteiger partial charge is 0.105 e. The van der Waals surface area contributed by atoms with Crippen LogP contribution < -0.4 is 0 Å². The van der Waals surface area contributed by atoms with Gasteiger partial charge in [0.15, 0.2) is 0 Å². The van der Waals surface area contributed by atoms with Gasteiger partial charge in [-0.3, -0.25) is 5.10 Å². The number of rotatable bonds is 1. The molecule has 10 heavy (non-hydrogen) atoms. The molecular formula is C7H8N2S. The summed E-state index contributed by atoms with van der Waals surface area (Å²) in [4.78, 5) is 0. The van der Waals surface area contributed by atoms with E-state index in [4.69, 9.17) is 0 Å². The van der Waals surface area contributed by atoms with Crippen LogP contribution in [0.4, 0.5) is 0 Å². The van der Waals surface area contributed by atoms with Crippen molar-refractivity contribution >= 4 is 10.9 Å². The van der Waals surface area contributed by atoms with Crippen LogP contribution in [0.25, 0.3) is 0 Å². The monoisotopic (exact) mass is 152 g/mol. The number of aromatic nitrogens is 2. The average Bonchev–Trinajstić information content (AvgIpc) is 2.59. The summed E-state index contributed by atoms with van der Waals surface area (Å²) < 4.78 is 0. The summed E-state index contributed by atoms with van der Waals surface area (Å²) in [5.41, 5.74) is 0. The Morgan fingerprint density at radius 3 is 2.70 bits per heavy atom. The molecule has 0 spiro atoms. The van der Waals surface area contributed by atoms with E-state index in [1.165, 1.54) is 0 Å². The molecule has 0 bridgehead atoms. The molecule has 0 saturated heterocycles. The van der Waals surface area contributed by atoms with E-state index in [9.17, 15) is 0 Å². The number of nitrogens with zero attached hydrogens (tertiary/aromatic N) is 1. The first-order chi connectivity index (χ1) is 4.97. The van der Waals surface area contributed by atoms with Crippen molar-refractivity contribution in [3.63, 3.8) is 0 Å². The molecule has 1 aromatic rings. The second-order valence-corrected chi connectivity index (χ2v) is 3.89. The minimum Gasteiger partial charge on any atom is -0.285 e. The second-order valence-electron chi connectivity index (χ2n) is 2.02. The Labute approximate surface area is 62.0 Å².